The number of nitrogens with one attached hydrogen (secondary N) is 2. The lowest BCUT2D eigenvalue weighted by atomic mass is 10.0. The monoisotopic (exact) mass is 458 g/mol. The van der Waals surface area contributed by atoms with E-state index in [1.807, 2.05) is 32.8 Å². The van der Waals surface area contributed by atoms with Crippen LogP contribution in [0.15, 0.2) is 24.3 Å². The number of hydrogen-bond acceptors (Lipinski definition) is 7. The van der Waals surface area contributed by atoms with Crippen LogP contribution in [0.2, 0.25) is 0 Å². The van der Waals surface area contributed by atoms with Gasteiger partial charge in [-0.2, -0.15) is 0 Å². The SMILES string of the molecule is CN(C)CCN1C(=O)C(NC(=O)c2ccc(NS(C)(=O)=O)cc2)C(C)(C)SC1=S. The number of benzene rings is 1. The Morgan fingerprint density at radius 2 is 1.86 bits per heavy atom. The first kappa shape index (κ1) is 23.6. The molecule has 1 unspecified atom stereocenters. The summed E-state index contributed by atoms with van der Waals surface area (Å²) in [7, 11) is 0.428. The Morgan fingerprint density at radius 3 is 2.38 bits per heavy atom. The molecule has 1 saturated heterocycles. The molecule has 2 rings (SSSR count). The number of nitrogens with zero attached hydrogens (tertiary/aromatic N) is 2. The van der Waals surface area contributed by atoms with Gasteiger partial charge in [0.2, 0.25) is 10.0 Å². The molecule has 0 saturated carbocycles. The van der Waals surface area contributed by atoms with Crippen molar-refractivity contribution in [2.45, 2.75) is 24.6 Å². The molecule has 1 aromatic carbocycles. The van der Waals surface area contributed by atoms with Gasteiger partial charge >= 0.3 is 0 Å². The first-order valence-electron chi connectivity index (χ1n) is 8.88. The minimum atomic E-state index is -3.40. The van der Waals surface area contributed by atoms with E-state index in [1.54, 1.807) is 0 Å². The number of carbonyl (C=O) groups excluding carboxylic acids is 2. The predicted octanol–water partition coefficient (Wildman–Crippen LogP) is 1.36. The maximum absolute atomic E-state index is 13.1. The highest BCUT2D eigenvalue weighted by atomic mass is 32.2. The fourth-order valence-electron chi connectivity index (χ4n) is 2.74. The molecule has 1 aromatic rings. The number of anilines is 1. The van der Waals surface area contributed by atoms with E-state index in [2.05, 4.69) is 10.0 Å². The van der Waals surface area contributed by atoms with Crippen molar-refractivity contribution in [2.75, 3.05) is 38.2 Å². The molecule has 1 aliphatic heterocycles. The molecule has 1 heterocycles. The summed E-state index contributed by atoms with van der Waals surface area (Å²) in [5, 5.41) is 2.82. The number of rotatable bonds is 7. The van der Waals surface area contributed by atoms with Crippen molar-refractivity contribution in [3.8, 4) is 0 Å². The Morgan fingerprint density at radius 1 is 1.28 bits per heavy atom. The van der Waals surface area contributed by atoms with Crippen molar-refractivity contribution in [1.82, 2.24) is 15.1 Å². The Hall–Kier alpha value is -1.69. The van der Waals surface area contributed by atoms with Gasteiger partial charge in [0.15, 0.2) is 0 Å². The van der Waals surface area contributed by atoms with Gasteiger partial charge in [0.25, 0.3) is 11.8 Å². The zero-order valence-corrected chi connectivity index (χ0v) is 19.5. The van der Waals surface area contributed by atoms with Crippen LogP contribution in [-0.4, -0.2) is 78.6 Å². The number of hydrogen-bond donors (Lipinski definition) is 2. The largest absolute Gasteiger partial charge is 0.339 e. The van der Waals surface area contributed by atoms with Crippen molar-refractivity contribution >= 4 is 55.8 Å². The van der Waals surface area contributed by atoms with Gasteiger partial charge in [-0.05, 0) is 52.2 Å². The molecule has 2 N–H and O–H groups in total. The van der Waals surface area contributed by atoms with E-state index >= 15 is 0 Å². The molecule has 0 radical (unpaired) electrons. The zero-order chi connectivity index (χ0) is 22.0. The van der Waals surface area contributed by atoms with Crippen LogP contribution >= 0.6 is 24.0 Å². The van der Waals surface area contributed by atoms with Crippen molar-refractivity contribution in [1.29, 1.82) is 0 Å². The molecular weight excluding hydrogens is 432 g/mol. The van der Waals surface area contributed by atoms with Crippen LogP contribution in [0.3, 0.4) is 0 Å². The van der Waals surface area contributed by atoms with Gasteiger partial charge in [-0.1, -0.05) is 24.0 Å². The fourth-order valence-corrected chi connectivity index (χ4v) is 5.15. The second kappa shape index (κ2) is 8.99. The summed E-state index contributed by atoms with van der Waals surface area (Å²) in [6, 6.07) is 5.26. The Kier molecular flexibility index (Phi) is 7.31. The number of carbonyl (C=O) groups is 2. The number of thioether (sulfide) groups is 1. The fraction of sp³-hybridized carbons (Fsp3) is 0.500. The quantitative estimate of drug-likeness (QED) is 0.595. The number of sulfonamides is 1. The molecule has 0 aromatic heterocycles. The molecule has 29 heavy (non-hydrogen) atoms. The lowest BCUT2D eigenvalue weighted by Crippen LogP contribution is -2.62. The van der Waals surface area contributed by atoms with E-state index in [4.69, 9.17) is 12.2 Å². The highest BCUT2D eigenvalue weighted by molar-refractivity contribution is 8.24. The Balaban J connectivity index is 2.16. The van der Waals surface area contributed by atoms with Gasteiger partial charge in [0, 0.05) is 29.1 Å². The van der Waals surface area contributed by atoms with Crippen LogP contribution in [0, 0.1) is 0 Å². The number of amides is 2. The molecule has 0 aliphatic carbocycles. The highest BCUT2D eigenvalue weighted by Gasteiger charge is 2.46. The summed E-state index contributed by atoms with van der Waals surface area (Å²) in [5.74, 6) is -0.646. The first-order valence-corrected chi connectivity index (χ1v) is 12.0. The molecular formula is C18H26N4O4S3. The van der Waals surface area contributed by atoms with Crippen LogP contribution in [0.1, 0.15) is 24.2 Å². The van der Waals surface area contributed by atoms with E-state index < -0.39 is 26.7 Å². The summed E-state index contributed by atoms with van der Waals surface area (Å²) in [6.07, 6.45) is 1.05. The molecule has 11 heteroatoms. The van der Waals surface area contributed by atoms with Gasteiger partial charge in [-0.25, -0.2) is 8.42 Å². The van der Waals surface area contributed by atoms with Crippen LogP contribution in [0.25, 0.3) is 0 Å². The minimum Gasteiger partial charge on any atom is -0.339 e. The summed E-state index contributed by atoms with van der Waals surface area (Å²) >= 11 is 6.79. The van der Waals surface area contributed by atoms with Crippen molar-refractivity contribution in [2.24, 2.45) is 0 Å². The van der Waals surface area contributed by atoms with E-state index in [9.17, 15) is 18.0 Å². The molecule has 1 atom stereocenters. The van der Waals surface area contributed by atoms with Gasteiger partial charge in [0.1, 0.15) is 10.4 Å². The lowest BCUT2D eigenvalue weighted by Gasteiger charge is -2.42. The molecule has 1 aliphatic rings. The summed E-state index contributed by atoms with van der Waals surface area (Å²) in [5.41, 5.74) is 0.680. The van der Waals surface area contributed by atoms with Gasteiger partial charge in [-0.3, -0.25) is 19.2 Å². The highest BCUT2D eigenvalue weighted by Crippen LogP contribution is 2.36. The lowest BCUT2D eigenvalue weighted by molar-refractivity contribution is -0.130. The Labute approximate surface area is 181 Å². The third-order valence-corrected chi connectivity index (χ3v) is 6.51. The van der Waals surface area contributed by atoms with Crippen LogP contribution in [0.4, 0.5) is 5.69 Å². The van der Waals surface area contributed by atoms with E-state index in [0.717, 1.165) is 6.26 Å². The molecule has 0 bridgehead atoms. The van der Waals surface area contributed by atoms with E-state index in [0.29, 0.717) is 28.7 Å². The molecule has 0 spiro atoms. The van der Waals surface area contributed by atoms with Gasteiger partial charge in [-0.15, -0.1) is 0 Å². The van der Waals surface area contributed by atoms with Crippen LogP contribution in [0.5, 0.6) is 0 Å². The van der Waals surface area contributed by atoms with E-state index in [1.165, 1.54) is 40.9 Å². The van der Waals surface area contributed by atoms with Gasteiger partial charge in [0.05, 0.1) is 6.26 Å². The van der Waals surface area contributed by atoms with Crippen LogP contribution in [-0.2, 0) is 14.8 Å². The second-order valence-electron chi connectivity index (χ2n) is 7.62. The third kappa shape index (κ3) is 6.39. The average Bonchev–Trinajstić information content (AvgIpc) is 2.56. The second-order valence-corrected chi connectivity index (χ2v) is 11.7. The van der Waals surface area contributed by atoms with Crippen molar-refractivity contribution in [3.05, 3.63) is 29.8 Å². The van der Waals surface area contributed by atoms with E-state index in [-0.39, 0.29) is 5.91 Å². The molecule has 1 fully saturated rings. The number of likely N-dealkylation sites (N-methyl/N-ethyl adjacent to an activating group) is 1. The third-order valence-electron chi connectivity index (χ3n) is 4.28. The number of thiocarbonyl (C=S) groups is 1. The normalized spacial score (nSPS) is 19.4. The summed E-state index contributed by atoms with van der Waals surface area (Å²) in [6.45, 7) is 4.85. The summed E-state index contributed by atoms with van der Waals surface area (Å²) in [4.78, 5) is 29.3. The van der Waals surface area contributed by atoms with Crippen molar-refractivity contribution < 1.29 is 18.0 Å². The summed E-state index contributed by atoms with van der Waals surface area (Å²) < 4.78 is 24.8. The standard InChI is InChI=1S/C18H26N4O4S3/c1-18(2)14(16(24)22(17(27)28-18)11-10-21(3)4)19-15(23)12-6-8-13(9-7-12)20-29(5,25)26/h6-9,14,20H,10-11H2,1-5H3,(H,19,23). The first-order chi connectivity index (χ1) is 13.3. The average molecular weight is 459 g/mol. The molecule has 2 amide bonds. The molecule has 8 nitrogen and oxygen atoms in total. The topological polar surface area (TPSA) is 98.8 Å². The van der Waals surface area contributed by atoms with Gasteiger partial charge < -0.3 is 10.2 Å². The maximum Gasteiger partial charge on any atom is 0.252 e. The minimum absolute atomic E-state index is 0.232. The van der Waals surface area contributed by atoms with Crippen molar-refractivity contribution in [3.63, 3.8) is 0 Å². The smallest absolute Gasteiger partial charge is 0.252 e. The van der Waals surface area contributed by atoms with Crippen LogP contribution < -0.4 is 10.0 Å². The maximum atomic E-state index is 13.1. The Bertz CT molecular complexity index is 898. The predicted molar refractivity (Wildman–Crippen MR) is 121 cm³/mol. The zero-order valence-electron chi connectivity index (χ0n) is 17.1. The molecule has 160 valence electrons.